The Morgan fingerprint density at radius 1 is 0.477 bits per heavy atom. The van der Waals surface area contributed by atoms with Gasteiger partial charge >= 0.3 is 11.9 Å². The van der Waals surface area contributed by atoms with Crippen molar-refractivity contribution in [1.82, 2.24) is 24.5 Å². The molecule has 9 aliphatic heterocycles. The van der Waals surface area contributed by atoms with Crippen molar-refractivity contribution in [2.75, 3.05) is 93.8 Å². The summed E-state index contributed by atoms with van der Waals surface area (Å²) >= 11 is 4.82. The third-order valence-corrected chi connectivity index (χ3v) is 15.8. The normalized spacial score (nSPS) is 36.2. The molecule has 9 heterocycles. The van der Waals surface area contributed by atoms with Crippen molar-refractivity contribution in [3.63, 3.8) is 0 Å². The molecule has 1 aliphatic carbocycles. The highest BCUT2D eigenvalue weighted by molar-refractivity contribution is 7.77. The molecular formula is C47H74N6O11S. The molecule has 6 bridgehead atoms. The first-order valence-corrected chi connectivity index (χ1v) is 24.8. The van der Waals surface area contributed by atoms with Gasteiger partial charge in [-0.05, 0) is 84.7 Å². The molecule has 65 heavy (non-hydrogen) atoms. The van der Waals surface area contributed by atoms with Gasteiger partial charge in [0.25, 0.3) is 0 Å². The van der Waals surface area contributed by atoms with Crippen LogP contribution >= 0.6 is 0 Å². The van der Waals surface area contributed by atoms with Crippen LogP contribution in [0.2, 0.25) is 0 Å². The first-order valence-electron chi connectivity index (χ1n) is 24.4. The minimum absolute atomic E-state index is 0.0188. The van der Waals surface area contributed by atoms with E-state index in [1.54, 1.807) is 0 Å². The number of likely N-dealkylation sites (N-methyl/N-ethyl adjacent to an activating group) is 2. The highest BCUT2D eigenvalue weighted by Gasteiger charge is 2.58. The minimum Gasteiger partial charge on any atom is -0.742 e. The van der Waals surface area contributed by atoms with Gasteiger partial charge in [-0.15, -0.1) is 0 Å². The van der Waals surface area contributed by atoms with Crippen molar-refractivity contribution < 1.29 is 58.2 Å². The lowest BCUT2D eigenvalue weighted by molar-refractivity contribution is -0.425. The second-order valence-electron chi connectivity index (χ2n) is 19.7. The van der Waals surface area contributed by atoms with Crippen LogP contribution < -0.4 is 5.73 Å². The van der Waals surface area contributed by atoms with Gasteiger partial charge in [-0.1, -0.05) is 18.6 Å². The van der Waals surface area contributed by atoms with Crippen LogP contribution in [0.1, 0.15) is 77.0 Å². The highest BCUT2D eigenvalue weighted by Crippen LogP contribution is 2.46. The Morgan fingerprint density at radius 2 is 0.862 bits per heavy atom. The fraction of sp³-hybridized carbons (Fsp3) is 0.830. The number of hydrogen-bond donors (Lipinski definition) is 1. The number of ether oxygens (including phenoxy) is 5. The lowest BCUT2D eigenvalue weighted by atomic mass is 9.78. The zero-order valence-electron chi connectivity index (χ0n) is 39.1. The van der Waals surface area contributed by atoms with Crippen molar-refractivity contribution >= 4 is 47.4 Å². The molecule has 0 aromatic carbocycles. The standard InChI is InChI=1S/C14H20N2O4.C14H21NO4.C13H20N2O3S.C6H13N/c1-15-5-7-16(8-6-15)13(17)11-9-3-4-10(20-9)12(11)14(18)19-2;1-18-14(17)12-10-6-5-9(19-10)11(12)13(16)15-7-3-2-4-8-15;1-14-4-6-15(7-5-14)12(16)10-8-2-3-9(18-8)11(10)13(17)19;7-6-4-2-1-3-5-6/h3-4,9-12H,5-8H2,1-2H3;9-12H,2-8H2,1H3;8-11H,2-7H2,1H3,(H,17,19);6H,1-5,7H2/t2*9-,10+,11?,12?;8-,9+,10?,11?;/m000./s1. The number of piperidine rings is 1. The van der Waals surface area contributed by atoms with Gasteiger partial charge in [0.1, 0.15) is 5.92 Å². The summed E-state index contributed by atoms with van der Waals surface area (Å²) in [5, 5.41) is -0.306. The molecule has 3 N–H and O–H groups in total. The molecule has 17 nitrogen and oxygen atoms in total. The Kier molecular flexibility index (Phi) is 17.3. The average molecular weight is 931 g/mol. The molecule has 3 amide bonds. The largest absolute Gasteiger partial charge is 0.742 e. The van der Waals surface area contributed by atoms with Crippen LogP contribution in [0.5, 0.6) is 0 Å². The van der Waals surface area contributed by atoms with E-state index in [0.717, 1.165) is 96.9 Å². The molecule has 364 valence electrons. The van der Waals surface area contributed by atoms with E-state index < -0.39 is 17.8 Å². The number of quaternary nitrogens is 1. The van der Waals surface area contributed by atoms with E-state index in [-0.39, 0.29) is 89.2 Å². The van der Waals surface area contributed by atoms with E-state index in [0.29, 0.717) is 13.1 Å². The summed E-state index contributed by atoms with van der Waals surface area (Å²) in [7, 11) is 6.84. The summed E-state index contributed by atoms with van der Waals surface area (Å²) in [6, 6.07) is 0.786. The van der Waals surface area contributed by atoms with Crippen LogP contribution in [-0.4, -0.2) is 196 Å². The third kappa shape index (κ3) is 11.4. The van der Waals surface area contributed by atoms with Gasteiger partial charge in [-0.2, -0.15) is 0 Å². The quantitative estimate of drug-likeness (QED) is 0.222. The predicted octanol–water partition coefficient (Wildman–Crippen LogP) is 0.657. The zero-order valence-corrected chi connectivity index (χ0v) is 39.9. The number of carbonyl (C=O) groups excluding carboxylic acids is 6. The van der Waals surface area contributed by atoms with E-state index in [2.05, 4.69) is 22.6 Å². The lowest BCUT2D eigenvalue weighted by Crippen LogP contribution is -2.61. The lowest BCUT2D eigenvalue weighted by Gasteiger charge is -2.37. The van der Waals surface area contributed by atoms with Gasteiger partial charge in [-0.25, -0.2) is 0 Å². The van der Waals surface area contributed by atoms with Gasteiger partial charge in [-0.3, -0.25) is 24.0 Å². The number of esters is 2. The first-order chi connectivity index (χ1) is 31.3. The van der Waals surface area contributed by atoms with Crippen LogP contribution in [0.15, 0.2) is 12.2 Å². The van der Waals surface area contributed by atoms with Crippen molar-refractivity contribution in [3.8, 4) is 0 Å². The molecule has 0 aromatic rings. The molecule has 6 unspecified atom stereocenters. The number of methoxy groups -OCH3 is 2. The van der Waals surface area contributed by atoms with Crippen LogP contribution in [0.3, 0.4) is 0 Å². The van der Waals surface area contributed by atoms with E-state index in [1.165, 1.54) is 52.7 Å². The summed E-state index contributed by atoms with van der Waals surface area (Å²) in [5.41, 5.74) is 4.00. The molecular weight excluding hydrogens is 857 g/mol. The number of likely N-dealkylation sites (tertiary alicyclic amines) is 1. The van der Waals surface area contributed by atoms with Crippen molar-refractivity contribution in [3.05, 3.63) is 12.2 Å². The number of amides is 3. The van der Waals surface area contributed by atoms with Crippen molar-refractivity contribution in [1.29, 1.82) is 0 Å². The van der Waals surface area contributed by atoms with E-state index >= 15 is 0 Å². The predicted molar refractivity (Wildman–Crippen MR) is 239 cm³/mol. The smallest absolute Gasteiger partial charge is 0.312 e. The van der Waals surface area contributed by atoms with Crippen LogP contribution in [0.25, 0.3) is 0 Å². The molecule has 1 saturated carbocycles. The molecule has 12 atom stereocenters. The SMILES string of the molecule is CN1CCN(C(=O)C2C(C(=O)[S-])[C@H]3CC[C@@H]2O3)CC1.COC(=O)C1C(C(=O)N2CCCCC2)[C@@H]2CC[C@H]1O2.COC(=O)C1C(C(=O)N2CCN(C)CC2)[C@@H]2C=C[C@H]1O2.[NH3+]C1CCCCC1. The van der Waals surface area contributed by atoms with Crippen LogP contribution in [-0.2, 0) is 65.1 Å². The Bertz CT molecular complexity index is 1710. The van der Waals surface area contributed by atoms with Crippen molar-refractivity contribution in [2.24, 2.45) is 35.5 Å². The maximum Gasteiger partial charge on any atom is 0.312 e. The second kappa shape index (κ2) is 22.7. The topological polar surface area (TPSA) is 192 Å². The van der Waals surface area contributed by atoms with Gasteiger partial charge in [0, 0.05) is 76.5 Å². The second-order valence-corrected chi connectivity index (χ2v) is 20.1. The first kappa shape index (κ1) is 49.6. The number of rotatable bonds is 6. The molecule has 8 saturated heterocycles. The van der Waals surface area contributed by atoms with E-state index in [1.807, 2.05) is 33.9 Å². The molecule has 0 radical (unpaired) electrons. The molecule has 10 rings (SSSR count). The maximum atomic E-state index is 12.7. The van der Waals surface area contributed by atoms with Gasteiger partial charge in [0.2, 0.25) is 17.7 Å². The Balaban J connectivity index is 0.000000135. The minimum atomic E-state index is -0.498. The maximum absolute atomic E-state index is 12.7. The van der Waals surface area contributed by atoms with Gasteiger partial charge < -0.3 is 71.3 Å². The third-order valence-electron chi connectivity index (χ3n) is 15.5. The summed E-state index contributed by atoms with van der Waals surface area (Å²) in [4.78, 5) is 83.6. The summed E-state index contributed by atoms with van der Waals surface area (Å²) in [5.74, 6) is -2.80. The fourth-order valence-corrected chi connectivity index (χ4v) is 12.0. The number of piperazine rings is 2. The molecule has 10 aliphatic rings. The molecule has 18 heteroatoms. The number of nitrogens with zero attached hydrogens (tertiary/aromatic N) is 5. The molecule has 9 fully saturated rings. The van der Waals surface area contributed by atoms with E-state index in [4.69, 9.17) is 36.3 Å². The molecule has 0 spiro atoms. The monoisotopic (exact) mass is 931 g/mol. The Labute approximate surface area is 390 Å². The number of fused-ring (bicyclic) bond motifs is 6. The Morgan fingerprint density at radius 3 is 1.31 bits per heavy atom. The van der Waals surface area contributed by atoms with Crippen LogP contribution in [0, 0.1) is 35.5 Å². The molecule has 0 aromatic heterocycles. The van der Waals surface area contributed by atoms with Crippen LogP contribution in [0.4, 0.5) is 0 Å². The zero-order chi connectivity index (χ0) is 46.4. The fourth-order valence-electron chi connectivity index (χ4n) is 11.7. The van der Waals surface area contributed by atoms with Crippen molar-refractivity contribution in [2.45, 2.75) is 120 Å². The number of hydrogen-bond acceptors (Lipinski definition) is 14. The summed E-state index contributed by atoms with van der Waals surface area (Å²) < 4.78 is 26.9. The summed E-state index contributed by atoms with van der Waals surface area (Å²) in [6.07, 6.45) is 16.6. The number of carbonyl (C=O) groups is 6. The highest BCUT2D eigenvalue weighted by atomic mass is 32.1. The van der Waals surface area contributed by atoms with Gasteiger partial charge in [0.15, 0.2) is 0 Å². The average Bonchev–Trinajstić information content (AvgIpc) is 4.22. The van der Waals surface area contributed by atoms with Gasteiger partial charge in [0.05, 0.1) is 80.6 Å². The Hall–Kier alpha value is -3.26. The van der Waals surface area contributed by atoms with E-state index in [9.17, 15) is 28.8 Å². The summed E-state index contributed by atoms with van der Waals surface area (Å²) in [6.45, 7) is 8.05.